The van der Waals surface area contributed by atoms with E-state index in [1.165, 1.54) is 12.8 Å². The van der Waals surface area contributed by atoms with Crippen LogP contribution in [-0.2, 0) is 4.79 Å². The molecule has 0 aromatic carbocycles. The molecule has 0 aliphatic heterocycles. The molecule has 0 aromatic rings. The molecule has 0 bridgehead atoms. The first kappa shape index (κ1) is 12.8. The van der Waals surface area contributed by atoms with Crippen LogP contribution >= 0.6 is 25.3 Å². The van der Waals surface area contributed by atoms with Crippen LogP contribution in [0.3, 0.4) is 0 Å². The zero-order chi connectivity index (χ0) is 8.57. The Morgan fingerprint density at radius 2 is 1.60 bits per heavy atom. The van der Waals surface area contributed by atoms with E-state index in [9.17, 15) is 4.79 Å². The highest BCUT2D eigenvalue weighted by molar-refractivity contribution is 8.00. The van der Waals surface area contributed by atoms with Crippen LogP contribution in [0.5, 0.6) is 0 Å². The van der Waals surface area contributed by atoms with E-state index in [0.717, 1.165) is 0 Å². The number of carboxylic acid groups (broad SMARTS) is 1. The van der Waals surface area contributed by atoms with Gasteiger partial charge in [-0.1, -0.05) is 26.7 Å². The summed E-state index contributed by atoms with van der Waals surface area (Å²) in [5, 5.41) is 7.84. The van der Waals surface area contributed by atoms with E-state index in [-0.39, 0.29) is 0 Å². The van der Waals surface area contributed by atoms with Gasteiger partial charge in [-0.2, -0.15) is 25.3 Å². The lowest BCUT2D eigenvalue weighted by molar-refractivity contribution is -0.134. The van der Waals surface area contributed by atoms with Gasteiger partial charge < -0.3 is 5.11 Å². The summed E-state index contributed by atoms with van der Waals surface area (Å²) in [6.07, 6.45) is 2.64. The third-order valence-electron chi connectivity index (χ3n) is 0.721. The Morgan fingerprint density at radius 1 is 1.40 bits per heavy atom. The largest absolute Gasteiger partial charge is 0.480 e. The van der Waals surface area contributed by atoms with Crippen LogP contribution in [0.15, 0.2) is 0 Å². The third-order valence-corrected chi connectivity index (χ3v) is 1.16. The quantitative estimate of drug-likeness (QED) is 0.452. The predicted octanol–water partition coefficient (Wildman–Crippen LogP) is 2.06. The molecule has 0 aliphatic rings. The van der Waals surface area contributed by atoms with Crippen molar-refractivity contribution in [2.45, 2.75) is 31.3 Å². The van der Waals surface area contributed by atoms with Crippen molar-refractivity contribution in [3.8, 4) is 0 Å². The van der Waals surface area contributed by atoms with Crippen molar-refractivity contribution in [1.29, 1.82) is 0 Å². The summed E-state index contributed by atoms with van der Waals surface area (Å²) in [7, 11) is 0. The molecule has 0 aromatic heterocycles. The molecule has 0 spiro atoms. The second kappa shape index (κ2) is 9.17. The lowest BCUT2D eigenvalue weighted by Crippen LogP contribution is -2.04. The Kier molecular flexibility index (Phi) is 11.7. The highest BCUT2D eigenvalue weighted by Gasteiger charge is 2.01. The van der Waals surface area contributed by atoms with E-state index in [1.54, 1.807) is 0 Å². The number of aliphatic carboxylic acids is 1. The van der Waals surface area contributed by atoms with Crippen LogP contribution in [0.25, 0.3) is 0 Å². The number of hydrogen-bond acceptors (Lipinski definition) is 3. The van der Waals surface area contributed by atoms with Gasteiger partial charge >= 0.3 is 5.97 Å². The second-order valence-electron chi connectivity index (χ2n) is 1.71. The van der Waals surface area contributed by atoms with Crippen LogP contribution in [0.2, 0.25) is 0 Å². The standard InChI is InChI=1S/C4H10.C2H4O2S2/c1-3-4-2;3-1(4)2(5)6/h3-4H2,1-2H3;2,5-6H,(H,3,4). The summed E-state index contributed by atoms with van der Waals surface area (Å²) in [6.45, 7) is 4.36. The average Bonchev–Trinajstić information content (AvgIpc) is 1.89. The highest BCUT2D eigenvalue weighted by atomic mass is 32.2. The summed E-state index contributed by atoms with van der Waals surface area (Å²) >= 11 is 6.92. The minimum absolute atomic E-state index is 0.843. The Balaban J connectivity index is 0. The van der Waals surface area contributed by atoms with Gasteiger partial charge in [0.15, 0.2) is 0 Å². The Labute approximate surface area is 72.8 Å². The summed E-state index contributed by atoms with van der Waals surface area (Å²) in [6, 6.07) is 0. The maximum atomic E-state index is 9.55. The van der Waals surface area contributed by atoms with Crippen molar-refractivity contribution < 1.29 is 9.90 Å². The number of carboxylic acids is 1. The minimum atomic E-state index is -1.01. The topological polar surface area (TPSA) is 37.3 Å². The first-order valence-electron chi connectivity index (χ1n) is 3.15. The van der Waals surface area contributed by atoms with E-state index in [4.69, 9.17) is 5.11 Å². The Hall–Kier alpha value is 0.170. The SMILES string of the molecule is CCCC.O=C(O)C(S)S. The molecule has 4 heteroatoms. The minimum Gasteiger partial charge on any atom is -0.480 e. The van der Waals surface area contributed by atoms with Gasteiger partial charge in [0.1, 0.15) is 4.58 Å². The van der Waals surface area contributed by atoms with Crippen LogP contribution in [0.1, 0.15) is 26.7 Å². The summed E-state index contributed by atoms with van der Waals surface area (Å²) < 4.78 is -0.843. The van der Waals surface area contributed by atoms with Gasteiger partial charge in [0.25, 0.3) is 0 Å². The Morgan fingerprint density at radius 3 is 1.60 bits per heavy atom. The Bertz CT molecular complexity index is 81.8. The fraction of sp³-hybridized carbons (Fsp3) is 0.833. The molecule has 0 fully saturated rings. The number of carbonyl (C=O) groups is 1. The molecule has 1 N–H and O–H groups in total. The molecular formula is C6H14O2S2. The molecule has 0 saturated heterocycles. The monoisotopic (exact) mass is 182 g/mol. The van der Waals surface area contributed by atoms with Crippen molar-refractivity contribution in [2.24, 2.45) is 0 Å². The summed E-state index contributed by atoms with van der Waals surface area (Å²) in [4.78, 5) is 9.55. The molecule has 0 radical (unpaired) electrons. The van der Waals surface area contributed by atoms with Gasteiger partial charge in [-0.25, -0.2) is 0 Å². The molecule has 0 atom stereocenters. The first-order chi connectivity index (χ1) is 4.56. The maximum Gasteiger partial charge on any atom is 0.326 e. The molecule has 62 valence electrons. The molecule has 2 nitrogen and oxygen atoms in total. The summed E-state index contributed by atoms with van der Waals surface area (Å²) in [5.41, 5.74) is 0. The highest BCUT2D eigenvalue weighted by Crippen LogP contribution is 1.96. The lowest BCUT2D eigenvalue weighted by atomic mass is 10.4. The van der Waals surface area contributed by atoms with Crippen LogP contribution in [0, 0.1) is 0 Å². The zero-order valence-corrected chi connectivity index (χ0v) is 8.03. The smallest absolute Gasteiger partial charge is 0.326 e. The van der Waals surface area contributed by atoms with Gasteiger partial charge in [0.2, 0.25) is 0 Å². The summed E-state index contributed by atoms with van der Waals surface area (Å²) in [5.74, 6) is -1.01. The van der Waals surface area contributed by atoms with E-state index < -0.39 is 10.6 Å². The van der Waals surface area contributed by atoms with Crippen LogP contribution in [0.4, 0.5) is 0 Å². The predicted molar refractivity (Wildman–Crippen MR) is 50.0 cm³/mol. The second-order valence-corrected chi connectivity index (χ2v) is 3.15. The number of hydrogen-bond donors (Lipinski definition) is 3. The van der Waals surface area contributed by atoms with Crippen molar-refractivity contribution in [2.75, 3.05) is 0 Å². The van der Waals surface area contributed by atoms with Crippen molar-refractivity contribution in [3.63, 3.8) is 0 Å². The van der Waals surface area contributed by atoms with Gasteiger partial charge in [0.05, 0.1) is 0 Å². The normalized spacial score (nSPS) is 8.50. The van der Waals surface area contributed by atoms with Gasteiger partial charge in [-0.05, 0) is 0 Å². The van der Waals surface area contributed by atoms with Crippen LogP contribution < -0.4 is 0 Å². The van der Waals surface area contributed by atoms with E-state index >= 15 is 0 Å². The number of unbranched alkanes of at least 4 members (excludes halogenated alkanes) is 1. The van der Waals surface area contributed by atoms with Gasteiger partial charge in [0, 0.05) is 0 Å². The molecule has 0 unspecified atom stereocenters. The van der Waals surface area contributed by atoms with Crippen molar-refractivity contribution >= 4 is 31.2 Å². The zero-order valence-electron chi connectivity index (χ0n) is 6.24. The molecule has 0 heterocycles. The van der Waals surface area contributed by atoms with E-state index in [2.05, 4.69) is 39.1 Å². The fourth-order valence-corrected chi connectivity index (χ4v) is 0. The van der Waals surface area contributed by atoms with Crippen molar-refractivity contribution in [1.82, 2.24) is 0 Å². The van der Waals surface area contributed by atoms with Gasteiger partial charge in [-0.3, -0.25) is 4.79 Å². The van der Waals surface area contributed by atoms with E-state index in [0.29, 0.717) is 0 Å². The van der Waals surface area contributed by atoms with E-state index in [1.807, 2.05) is 0 Å². The number of thiol groups is 2. The molecule has 0 amide bonds. The molecule has 0 rings (SSSR count). The lowest BCUT2D eigenvalue weighted by Gasteiger charge is -1.87. The average molecular weight is 182 g/mol. The number of rotatable bonds is 2. The molecule has 0 aliphatic carbocycles. The third kappa shape index (κ3) is 15.7. The van der Waals surface area contributed by atoms with Crippen LogP contribution in [-0.4, -0.2) is 15.7 Å². The van der Waals surface area contributed by atoms with Crippen molar-refractivity contribution in [3.05, 3.63) is 0 Å². The first-order valence-corrected chi connectivity index (χ1v) is 4.18. The molecule has 10 heavy (non-hydrogen) atoms. The molecule has 0 saturated carbocycles. The molecular weight excluding hydrogens is 168 g/mol. The fourth-order valence-electron chi connectivity index (χ4n) is 0. The van der Waals surface area contributed by atoms with Gasteiger partial charge in [-0.15, -0.1) is 0 Å². The maximum absolute atomic E-state index is 9.55.